The molecule has 6 nitrogen and oxygen atoms in total. The smallest absolute Gasteiger partial charge is 0.336 e. The van der Waals surface area contributed by atoms with Crippen molar-refractivity contribution in [1.82, 2.24) is 15.2 Å². The zero-order valence-electron chi connectivity index (χ0n) is 14.0. The van der Waals surface area contributed by atoms with E-state index in [1.54, 1.807) is 11.0 Å². The summed E-state index contributed by atoms with van der Waals surface area (Å²) in [5, 5.41) is 13.5. The molecule has 0 atom stereocenters. The number of fused-ring (bicyclic) bond motifs is 1. The van der Waals surface area contributed by atoms with E-state index in [2.05, 4.69) is 10.3 Å². The molecule has 7 heteroatoms. The fourth-order valence-electron chi connectivity index (χ4n) is 3.33. The third-order valence-corrected chi connectivity index (χ3v) is 4.87. The molecule has 1 aromatic heterocycles. The van der Waals surface area contributed by atoms with Gasteiger partial charge in [0.15, 0.2) is 0 Å². The Balaban J connectivity index is 2.08. The van der Waals surface area contributed by atoms with Gasteiger partial charge >= 0.3 is 5.97 Å². The number of aromatic nitrogens is 1. The Labute approximate surface area is 151 Å². The fourth-order valence-corrected chi connectivity index (χ4v) is 3.52. The first-order valence-electron chi connectivity index (χ1n) is 8.55. The van der Waals surface area contributed by atoms with E-state index in [-0.39, 0.29) is 11.5 Å². The van der Waals surface area contributed by atoms with Gasteiger partial charge in [0.05, 0.1) is 11.1 Å². The van der Waals surface area contributed by atoms with Gasteiger partial charge in [-0.15, -0.1) is 11.6 Å². The van der Waals surface area contributed by atoms with E-state index in [0.717, 1.165) is 48.8 Å². The third kappa shape index (κ3) is 3.65. The van der Waals surface area contributed by atoms with E-state index in [0.29, 0.717) is 24.5 Å². The summed E-state index contributed by atoms with van der Waals surface area (Å²) in [5.41, 5.74) is 2.13. The molecule has 3 N–H and O–H groups in total. The number of carbonyl (C=O) groups excluding carboxylic acids is 1. The van der Waals surface area contributed by atoms with E-state index >= 15 is 0 Å². The molecule has 0 aliphatic carbocycles. The van der Waals surface area contributed by atoms with Crippen LogP contribution >= 0.6 is 11.6 Å². The first-order valence-corrected chi connectivity index (χ1v) is 9.09. The second kappa shape index (κ2) is 7.89. The number of carboxylic acids is 1. The van der Waals surface area contributed by atoms with Gasteiger partial charge in [-0.2, -0.15) is 0 Å². The zero-order valence-corrected chi connectivity index (χ0v) is 14.7. The highest BCUT2D eigenvalue weighted by Gasteiger charge is 2.27. The highest BCUT2D eigenvalue weighted by atomic mass is 35.5. The summed E-state index contributed by atoms with van der Waals surface area (Å²) in [5.74, 6) is -0.689. The van der Waals surface area contributed by atoms with Crippen molar-refractivity contribution in [2.24, 2.45) is 0 Å². The molecule has 0 unspecified atom stereocenters. The lowest BCUT2D eigenvalue weighted by molar-refractivity contribution is 0.0671. The number of piperazine rings is 1. The molecule has 1 aliphatic heterocycles. The van der Waals surface area contributed by atoms with Gasteiger partial charge in [0.2, 0.25) is 0 Å². The number of unbranched alkanes of at least 4 members (excludes halogenated alkanes) is 1. The van der Waals surface area contributed by atoms with Gasteiger partial charge in [-0.1, -0.05) is 0 Å². The van der Waals surface area contributed by atoms with Gasteiger partial charge < -0.3 is 20.3 Å². The van der Waals surface area contributed by atoms with Crippen molar-refractivity contribution < 1.29 is 14.7 Å². The topological polar surface area (TPSA) is 85.4 Å². The zero-order chi connectivity index (χ0) is 17.8. The van der Waals surface area contributed by atoms with Crippen molar-refractivity contribution in [2.75, 3.05) is 32.1 Å². The van der Waals surface area contributed by atoms with E-state index < -0.39 is 5.97 Å². The van der Waals surface area contributed by atoms with E-state index in [4.69, 9.17) is 11.6 Å². The average molecular weight is 364 g/mol. The first-order chi connectivity index (χ1) is 12.1. The molecule has 134 valence electrons. The molecule has 0 bridgehead atoms. The molecular weight excluding hydrogens is 342 g/mol. The molecule has 1 fully saturated rings. The summed E-state index contributed by atoms with van der Waals surface area (Å²) in [4.78, 5) is 29.8. The highest BCUT2D eigenvalue weighted by Crippen LogP contribution is 2.28. The van der Waals surface area contributed by atoms with Gasteiger partial charge in [-0.3, -0.25) is 4.79 Å². The van der Waals surface area contributed by atoms with Crippen LogP contribution in [0.2, 0.25) is 0 Å². The number of amides is 1. The number of benzene rings is 1. The largest absolute Gasteiger partial charge is 0.478 e. The number of carboxylic acid groups (broad SMARTS) is 1. The Bertz CT molecular complexity index is 781. The minimum absolute atomic E-state index is 0.0641. The van der Waals surface area contributed by atoms with Gasteiger partial charge in [-0.05, 0) is 37.0 Å². The predicted molar refractivity (Wildman–Crippen MR) is 97.7 cm³/mol. The number of carbonyl (C=O) groups is 2. The molecule has 25 heavy (non-hydrogen) atoms. The number of hydrogen-bond acceptors (Lipinski definition) is 3. The normalized spacial score (nSPS) is 14.8. The summed E-state index contributed by atoms with van der Waals surface area (Å²) in [6.45, 7) is 2.61. The number of nitrogens with zero attached hydrogens (tertiary/aromatic N) is 1. The quantitative estimate of drug-likeness (QED) is 0.543. The van der Waals surface area contributed by atoms with E-state index in [1.807, 2.05) is 6.20 Å². The molecule has 2 aromatic rings. The molecule has 3 rings (SSSR count). The van der Waals surface area contributed by atoms with Crippen LogP contribution in [0.15, 0.2) is 18.3 Å². The van der Waals surface area contributed by atoms with Crippen molar-refractivity contribution in [1.29, 1.82) is 0 Å². The molecule has 1 aliphatic rings. The number of aromatic amines is 1. The molecule has 2 heterocycles. The van der Waals surface area contributed by atoms with Crippen molar-refractivity contribution in [3.05, 3.63) is 35.0 Å². The van der Waals surface area contributed by atoms with Crippen LogP contribution in [-0.2, 0) is 6.42 Å². The lowest BCUT2D eigenvalue weighted by Gasteiger charge is -2.28. The van der Waals surface area contributed by atoms with Gasteiger partial charge in [0, 0.05) is 49.2 Å². The molecule has 1 amide bonds. The average Bonchev–Trinajstić information content (AvgIpc) is 3.04. The summed E-state index contributed by atoms with van der Waals surface area (Å²) in [6.07, 6.45) is 4.42. The first kappa shape index (κ1) is 17.8. The Hall–Kier alpha value is -2.05. The number of aryl methyl sites for hydroxylation is 1. The SMILES string of the molecule is O=C(O)c1ccc2[nH]cc(CCCCCl)c2c1C(=O)N1CCNCC1. The summed E-state index contributed by atoms with van der Waals surface area (Å²) in [7, 11) is 0. The lowest BCUT2D eigenvalue weighted by atomic mass is 9.96. The predicted octanol–water partition coefficient (Wildman–Crippen LogP) is 2.47. The number of alkyl halides is 1. The molecule has 0 radical (unpaired) electrons. The molecule has 1 aromatic carbocycles. The van der Waals surface area contributed by atoms with Gasteiger partial charge in [0.1, 0.15) is 0 Å². The van der Waals surface area contributed by atoms with Crippen LogP contribution in [0.4, 0.5) is 0 Å². The molecule has 0 spiro atoms. The molecule has 1 saturated heterocycles. The maximum atomic E-state index is 13.1. The summed E-state index contributed by atoms with van der Waals surface area (Å²) < 4.78 is 0. The summed E-state index contributed by atoms with van der Waals surface area (Å²) >= 11 is 5.76. The second-order valence-electron chi connectivity index (χ2n) is 6.22. The van der Waals surface area contributed by atoms with Crippen LogP contribution in [0, 0.1) is 0 Å². The number of nitrogens with one attached hydrogen (secondary N) is 2. The van der Waals surface area contributed by atoms with Crippen LogP contribution in [-0.4, -0.2) is 58.9 Å². The van der Waals surface area contributed by atoms with Gasteiger partial charge in [-0.25, -0.2) is 4.79 Å². The van der Waals surface area contributed by atoms with Crippen LogP contribution in [0.25, 0.3) is 10.9 Å². The monoisotopic (exact) mass is 363 g/mol. The van der Waals surface area contributed by atoms with Crippen molar-refractivity contribution >= 4 is 34.4 Å². The minimum atomic E-state index is -1.08. The lowest BCUT2D eigenvalue weighted by Crippen LogP contribution is -2.46. The Morgan fingerprint density at radius 3 is 2.64 bits per heavy atom. The van der Waals surface area contributed by atoms with Crippen molar-refractivity contribution in [3.8, 4) is 0 Å². The minimum Gasteiger partial charge on any atom is -0.478 e. The van der Waals surface area contributed by atoms with Crippen LogP contribution in [0.5, 0.6) is 0 Å². The summed E-state index contributed by atoms with van der Waals surface area (Å²) in [6, 6.07) is 3.25. The number of hydrogen-bond donors (Lipinski definition) is 3. The number of aromatic carboxylic acids is 1. The van der Waals surface area contributed by atoms with Crippen LogP contribution < -0.4 is 5.32 Å². The standard InChI is InChI=1S/C18H22ClN3O3/c19-6-2-1-3-12-11-21-14-5-4-13(18(24)25)16(15(12)14)17(23)22-9-7-20-8-10-22/h4-5,11,20-21H,1-3,6-10H2,(H,24,25). The maximum absolute atomic E-state index is 13.1. The van der Waals surface area contributed by atoms with Crippen molar-refractivity contribution in [2.45, 2.75) is 19.3 Å². The van der Waals surface area contributed by atoms with Gasteiger partial charge in [0.25, 0.3) is 5.91 Å². The maximum Gasteiger partial charge on any atom is 0.336 e. The number of rotatable bonds is 6. The van der Waals surface area contributed by atoms with Crippen LogP contribution in [0.1, 0.15) is 39.1 Å². The molecule has 0 saturated carbocycles. The van der Waals surface area contributed by atoms with Crippen molar-refractivity contribution in [3.63, 3.8) is 0 Å². The van der Waals surface area contributed by atoms with Crippen LogP contribution in [0.3, 0.4) is 0 Å². The Morgan fingerprint density at radius 2 is 1.96 bits per heavy atom. The number of halogens is 1. The van der Waals surface area contributed by atoms with E-state index in [1.165, 1.54) is 6.07 Å². The molecular formula is C18H22ClN3O3. The second-order valence-corrected chi connectivity index (χ2v) is 6.60. The van der Waals surface area contributed by atoms with E-state index in [9.17, 15) is 14.7 Å². The highest BCUT2D eigenvalue weighted by molar-refractivity contribution is 6.17. The number of H-pyrrole nitrogens is 1. The Kier molecular flexibility index (Phi) is 5.60. The third-order valence-electron chi connectivity index (χ3n) is 4.61. The fraction of sp³-hybridized carbons (Fsp3) is 0.444. The Morgan fingerprint density at radius 1 is 1.20 bits per heavy atom.